The Balaban J connectivity index is 1.07. The zero-order chi connectivity index (χ0) is 73.6. The van der Waals surface area contributed by atoms with Gasteiger partial charge in [-0.15, -0.1) is 0 Å². The van der Waals surface area contributed by atoms with Crippen molar-refractivity contribution in [3.8, 4) is 50.8 Å². The lowest BCUT2D eigenvalue weighted by atomic mass is 9.33. The SMILES string of the molecule is [2H]c1c([2H])c([2H])c(-c2ccc3c(c2)N(c2cc(-n4c5ccccc5c5ccccc54)ccc2C#N)c2cc(C(C)(C)C)cc4c2B3c2ccc(-n3c5c([2H])c([2H])c([2H])c([2H])c5c5c([2H])c([2H])c([2H])c([2H])c53)cc2N4c2ccc(-c3cc(C([2H])([2H])[2H])cc(C([2H])([2H])[2H])c3)cc2-c2ccccc2)c([2H])c1[2H]. The summed E-state index contributed by atoms with van der Waals surface area (Å²) in [5.41, 5.74) is 9.79. The second kappa shape index (κ2) is 19.2. The van der Waals surface area contributed by atoms with Crippen LogP contribution in [0, 0.1) is 25.0 Å². The monoisotopic (exact) mass is 1110 g/mol. The number of hydrogen-bond donors (Lipinski definition) is 0. The zero-order valence-corrected chi connectivity index (χ0v) is 46.1. The Labute approximate surface area is 522 Å². The van der Waals surface area contributed by atoms with Gasteiger partial charge in [-0.3, -0.25) is 0 Å². The molecule has 0 atom stereocenters. The van der Waals surface area contributed by atoms with Gasteiger partial charge in [0.25, 0.3) is 6.71 Å². The maximum atomic E-state index is 11.6. The first-order chi connectivity index (χ1) is 49.4. The normalized spacial score (nSPS) is 16.2. The molecule has 2 aromatic heterocycles. The van der Waals surface area contributed by atoms with Gasteiger partial charge in [-0.2, -0.15) is 5.26 Å². The number of aryl methyl sites for hydroxylation is 2. The second-order valence-electron chi connectivity index (χ2n) is 22.7. The Bertz CT molecular complexity index is 5970. The zero-order valence-electron chi connectivity index (χ0n) is 65.1. The first-order valence-electron chi connectivity index (χ1n) is 37.4. The summed E-state index contributed by atoms with van der Waals surface area (Å²) < 4.78 is 174. The maximum Gasteiger partial charge on any atom is 0.252 e. The largest absolute Gasteiger partial charge is 0.311 e. The molecule has 5 nitrogen and oxygen atoms in total. The molecule has 12 aromatic carbocycles. The van der Waals surface area contributed by atoms with Crippen molar-refractivity contribution < 1.29 is 26.0 Å². The minimum atomic E-state index is -2.70. The number of para-hydroxylation sites is 4. The number of nitriles is 1. The Kier molecular flexibility index (Phi) is 7.72. The van der Waals surface area contributed by atoms with E-state index in [-0.39, 0.29) is 55.3 Å². The van der Waals surface area contributed by atoms with Crippen LogP contribution >= 0.6 is 0 Å². The molecule has 85 heavy (non-hydrogen) atoms. The molecule has 0 radical (unpaired) electrons. The molecule has 0 bridgehead atoms. The van der Waals surface area contributed by atoms with E-state index < -0.39 is 104 Å². The molecule has 0 saturated carbocycles. The van der Waals surface area contributed by atoms with Crippen molar-refractivity contribution in [1.82, 2.24) is 9.13 Å². The second-order valence-corrected chi connectivity index (χ2v) is 22.7. The van der Waals surface area contributed by atoms with Gasteiger partial charge in [0, 0.05) is 69.5 Å². The van der Waals surface area contributed by atoms with Crippen molar-refractivity contribution in [3.05, 3.63) is 283 Å². The fourth-order valence-electron chi connectivity index (χ4n) is 13.0. The molecule has 0 amide bonds. The van der Waals surface area contributed by atoms with Crippen LogP contribution in [0.2, 0.25) is 0 Å². The van der Waals surface area contributed by atoms with Crippen LogP contribution in [-0.4, -0.2) is 15.8 Å². The molecular formula is C79H58BN5. The highest BCUT2D eigenvalue weighted by Crippen LogP contribution is 2.51. The molecule has 0 unspecified atom stereocenters. The van der Waals surface area contributed by atoms with Crippen molar-refractivity contribution in [1.29, 1.82) is 5.26 Å². The number of hydrogen-bond acceptors (Lipinski definition) is 3. The van der Waals surface area contributed by atoms with Crippen LogP contribution < -0.4 is 26.2 Å². The number of benzene rings is 12. The van der Waals surface area contributed by atoms with E-state index in [4.69, 9.17) is 17.8 Å². The molecule has 6 heteroatoms. The lowest BCUT2D eigenvalue weighted by molar-refractivity contribution is 0.590. The summed E-state index contributed by atoms with van der Waals surface area (Å²) in [6.07, 6.45) is 0. The Morgan fingerprint density at radius 2 is 0.953 bits per heavy atom. The summed E-state index contributed by atoms with van der Waals surface area (Å²) in [4.78, 5) is 4.09. The van der Waals surface area contributed by atoms with Crippen LogP contribution in [-0.2, 0) is 5.41 Å². The molecular weight excluding hydrogens is 1030 g/mol. The summed E-state index contributed by atoms with van der Waals surface area (Å²) in [7, 11) is 0. The fourth-order valence-corrected chi connectivity index (χ4v) is 13.0. The van der Waals surface area contributed by atoms with Crippen LogP contribution in [0.5, 0.6) is 0 Å². The van der Waals surface area contributed by atoms with E-state index >= 15 is 0 Å². The van der Waals surface area contributed by atoms with Gasteiger partial charge in [-0.25, -0.2) is 0 Å². The average molecular weight is 1110 g/mol. The van der Waals surface area contributed by atoms with Crippen molar-refractivity contribution in [2.24, 2.45) is 0 Å². The van der Waals surface area contributed by atoms with E-state index in [1.54, 1.807) is 30.3 Å². The van der Waals surface area contributed by atoms with E-state index in [0.29, 0.717) is 78.5 Å². The minimum absolute atomic E-state index is 0.0631. The third kappa shape index (κ3) is 7.92. The van der Waals surface area contributed by atoms with E-state index in [1.807, 2.05) is 114 Å². The predicted molar refractivity (Wildman–Crippen MR) is 358 cm³/mol. The molecule has 14 aromatic rings. The smallest absolute Gasteiger partial charge is 0.252 e. The van der Waals surface area contributed by atoms with E-state index in [9.17, 15) is 13.5 Å². The van der Waals surface area contributed by atoms with Crippen LogP contribution in [0.1, 0.15) is 69.1 Å². The van der Waals surface area contributed by atoms with Crippen molar-refractivity contribution in [2.75, 3.05) is 9.80 Å². The molecule has 0 aliphatic carbocycles. The van der Waals surface area contributed by atoms with Crippen LogP contribution in [0.4, 0.5) is 34.1 Å². The summed E-state index contributed by atoms with van der Waals surface area (Å²) in [5, 5.41) is 13.4. The maximum absolute atomic E-state index is 11.6. The molecule has 16 rings (SSSR count). The Hall–Kier alpha value is -10.6. The Morgan fingerprint density at radius 1 is 0.412 bits per heavy atom. The highest BCUT2D eigenvalue weighted by molar-refractivity contribution is 7.00. The van der Waals surface area contributed by atoms with Crippen LogP contribution in [0.3, 0.4) is 0 Å². The van der Waals surface area contributed by atoms with Gasteiger partial charge in [0.15, 0.2) is 0 Å². The first-order valence-corrected chi connectivity index (χ1v) is 27.9. The number of fused-ring (bicyclic) bond motifs is 10. The molecule has 2 aliphatic heterocycles. The fraction of sp³-hybridized carbons (Fsp3) is 0.0759. The Morgan fingerprint density at radius 3 is 1.60 bits per heavy atom. The van der Waals surface area contributed by atoms with Crippen molar-refractivity contribution in [3.63, 3.8) is 0 Å². The average Bonchev–Trinajstić information content (AvgIpc) is 0.824. The van der Waals surface area contributed by atoms with Gasteiger partial charge in [-0.05, 0) is 154 Å². The van der Waals surface area contributed by atoms with Crippen LogP contribution in [0.25, 0.3) is 88.4 Å². The van der Waals surface area contributed by atoms with Gasteiger partial charge >= 0.3 is 0 Å². The molecule has 4 heterocycles. The van der Waals surface area contributed by atoms with E-state index in [1.165, 1.54) is 22.8 Å². The molecule has 0 saturated heterocycles. The summed E-state index contributed by atoms with van der Waals surface area (Å²) in [5.74, 6) is 0. The standard InChI is InChI=1S/C79H58BN5/c1-50-40-51(2)42-57(41-50)54-34-39-72(65(43-54)53-22-10-7-11-23-53)84-75-48-60(83-70-30-18-14-26-63(70)64-27-15-19-31-71(64)83)36-38-67(75)80-66-37-33-55(52-20-8-6-9-21-52)44-74(66)85(77-46-58(79(3,4)5)45-76(84)78(77)80)73-47-59(35-32-56(73)49-81)82-68-28-16-12-24-61(68)62-25-13-17-29-69(62)82/h6-48H,1-5H3/i1D3,2D3,6D,8D,9D,14D,15D,18D,19D,20D,21D,26D,27D,30D,31D. The molecule has 2 aliphatic rings. The van der Waals surface area contributed by atoms with Gasteiger partial charge in [0.1, 0.15) is 6.07 Å². The lowest BCUT2D eigenvalue weighted by Crippen LogP contribution is -2.61. The number of rotatable bonds is 7. The van der Waals surface area contributed by atoms with E-state index in [2.05, 4.69) is 60.6 Å². The van der Waals surface area contributed by atoms with Crippen molar-refractivity contribution in [2.45, 2.75) is 39.9 Å². The van der Waals surface area contributed by atoms with Gasteiger partial charge < -0.3 is 18.9 Å². The van der Waals surface area contributed by atoms with Gasteiger partial charge in [-0.1, -0.05) is 208 Å². The number of aromatic nitrogens is 2. The third-order valence-corrected chi connectivity index (χ3v) is 16.8. The van der Waals surface area contributed by atoms with Crippen LogP contribution in [0.15, 0.2) is 261 Å². The summed E-state index contributed by atoms with van der Waals surface area (Å²) in [6, 6.07) is 51.5. The molecule has 402 valence electrons. The predicted octanol–water partition coefficient (Wildman–Crippen LogP) is 18.8. The topological polar surface area (TPSA) is 40.1 Å². The quantitative estimate of drug-likeness (QED) is 0.149. The highest BCUT2D eigenvalue weighted by atomic mass is 15.2. The summed E-state index contributed by atoms with van der Waals surface area (Å²) in [6.45, 7) is 0.00182. The van der Waals surface area contributed by atoms with Crippen molar-refractivity contribution >= 4 is 101 Å². The number of anilines is 6. The summed E-state index contributed by atoms with van der Waals surface area (Å²) >= 11 is 0. The first kappa shape index (κ1) is 34.1. The highest BCUT2D eigenvalue weighted by Gasteiger charge is 2.45. The number of nitrogens with zero attached hydrogens (tertiary/aromatic N) is 5. The minimum Gasteiger partial charge on any atom is -0.311 e. The lowest BCUT2D eigenvalue weighted by Gasteiger charge is -2.45. The van der Waals surface area contributed by atoms with E-state index in [0.717, 1.165) is 27.4 Å². The molecule has 0 N–H and O–H groups in total. The van der Waals surface area contributed by atoms with Gasteiger partial charge in [0.05, 0.1) is 56.8 Å². The molecule has 0 spiro atoms. The molecule has 0 fully saturated rings. The van der Waals surface area contributed by atoms with Gasteiger partial charge in [0.2, 0.25) is 0 Å². The third-order valence-electron chi connectivity index (χ3n) is 16.8.